The van der Waals surface area contributed by atoms with E-state index in [1.54, 1.807) is 0 Å². The lowest BCUT2D eigenvalue weighted by Crippen LogP contribution is -2.48. The highest BCUT2D eigenvalue weighted by atomic mass is 16.5. The molecule has 2 rings (SSSR count). The molecule has 0 radical (unpaired) electrons. The number of ether oxygens (including phenoxy) is 1. The molecule has 1 aromatic carbocycles. The number of imide groups is 1. The Morgan fingerprint density at radius 1 is 1.03 bits per heavy atom. The second kappa shape index (κ2) is 11.8. The van der Waals surface area contributed by atoms with Gasteiger partial charge in [0.1, 0.15) is 0 Å². The number of carbonyl (C=O) groups is 4. The first-order valence-corrected chi connectivity index (χ1v) is 10.0. The smallest absolute Gasteiger partial charge is 0.321 e. The Kier molecular flexibility index (Phi) is 9.14. The Hall–Kier alpha value is -2.90. The lowest BCUT2D eigenvalue weighted by atomic mass is 9.86. The van der Waals surface area contributed by atoms with Crippen molar-refractivity contribution in [3.05, 3.63) is 35.9 Å². The molecule has 29 heavy (non-hydrogen) atoms. The van der Waals surface area contributed by atoms with Gasteiger partial charge in [0.2, 0.25) is 5.91 Å². The number of nitrogens with one attached hydrogen (secondary N) is 3. The van der Waals surface area contributed by atoms with Gasteiger partial charge in [0, 0.05) is 12.6 Å². The van der Waals surface area contributed by atoms with Gasteiger partial charge in [0.25, 0.3) is 5.91 Å². The minimum atomic E-state index is -0.688. The number of carbonyl (C=O) groups excluding carboxylic acids is 4. The van der Waals surface area contributed by atoms with Gasteiger partial charge in [-0.1, -0.05) is 50.1 Å². The highest BCUT2D eigenvalue weighted by molar-refractivity contribution is 5.95. The van der Waals surface area contributed by atoms with E-state index in [1.165, 1.54) is 0 Å². The third-order valence-corrected chi connectivity index (χ3v) is 4.90. The van der Waals surface area contributed by atoms with Crippen LogP contribution in [-0.4, -0.2) is 43.0 Å². The van der Waals surface area contributed by atoms with Gasteiger partial charge in [-0.2, -0.15) is 0 Å². The van der Waals surface area contributed by atoms with E-state index in [1.807, 2.05) is 30.3 Å². The van der Waals surface area contributed by atoms with Crippen molar-refractivity contribution < 1.29 is 23.9 Å². The van der Waals surface area contributed by atoms with E-state index in [0.29, 0.717) is 5.92 Å². The summed E-state index contributed by atoms with van der Waals surface area (Å²) in [6, 6.07) is 8.74. The summed E-state index contributed by atoms with van der Waals surface area (Å²) in [5, 5.41) is 7.59. The molecule has 2 atom stereocenters. The van der Waals surface area contributed by atoms with E-state index in [4.69, 9.17) is 4.74 Å². The second-order valence-corrected chi connectivity index (χ2v) is 7.31. The van der Waals surface area contributed by atoms with Gasteiger partial charge < -0.3 is 15.4 Å². The molecule has 1 aliphatic rings. The van der Waals surface area contributed by atoms with Crippen molar-refractivity contribution in [3.63, 3.8) is 0 Å². The number of benzene rings is 1. The zero-order valence-corrected chi connectivity index (χ0v) is 16.7. The molecule has 0 spiro atoms. The molecule has 2 unspecified atom stereocenters. The van der Waals surface area contributed by atoms with Crippen LogP contribution in [-0.2, 0) is 25.5 Å². The zero-order chi connectivity index (χ0) is 21.1. The molecule has 0 bridgehead atoms. The normalized spacial score (nSPS) is 18.4. The van der Waals surface area contributed by atoms with Crippen LogP contribution in [0.2, 0.25) is 0 Å². The van der Waals surface area contributed by atoms with Crippen molar-refractivity contribution in [1.82, 2.24) is 16.0 Å². The molecule has 0 heterocycles. The topological polar surface area (TPSA) is 114 Å². The fourth-order valence-electron chi connectivity index (χ4n) is 3.26. The largest absolute Gasteiger partial charge is 0.456 e. The van der Waals surface area contributed by atoms with Gasteiger partial charge >= 0.3 is 12.0 Å². The molecule has 0 saturated heterocycles. The standard InChI is InChI=1S/C21H29N3O5/c1-15-7-5-6-10-17(15)23-21(28)24-19(26)14-29-20(27)11-12-22-18(25)13-16-8-3-2-4-9-16/h2-4,8-9,15,17H,5-7,10-14H2,1H3,(H,22,25)(H2,23,24,26,28). The predicted octanol–water partition coefficient (Wildman–Crippen LogP) is 1.68. The van der Waals surface area contributed by atoms with Crippen molar-refractivity contribution in [3.8, 4) is 0 Å². The maximum atomic E-state index is 11.9. The van der Waals surface area contributed by atoms with Crippen LogP contribution >= 0.6 is 0 Å². The van der Waals surface area contributed by atoms with Gasteiger partial charge in [0.05, 0.1) is 12.8 Å². The molecule has 1 aromatic rings. The van der Waals surface area contributed by atoms with E-state index < -0.39 is 24.5 Å². The number of hydrogen-bond acceptors (Lipinski definition) is 5. The van der Waals surface area contributed by atoms with Crippen molar-refractivity contribution in [2.24, 2.45) is 5.92 Å². The molecule has 3 N–H and O–H groups in total. The maximum Gasteiger partial charge on any atom is 0.321 e. The van der Waals surface area contributed by atoms with E-state index in [9.17, 15) is 19.2 Å². The van der Waals surface area contributed by atoms with E-state index in [2.05, 4.69) is 22.9 Å². The summed E-state index contributed by atoms with van der Waals surface area (Å²) >= 11 is 0. The molecule has 1 aliphatic carbocycles. The van der Waals surface area contributed by atoms with Crippen molar-refractivity contribution in [2.45, 2.75) is 51.5 Å². The molecular weight excluding hydrogens is 374 g/mol. The van der Waals surface area contributed by atoms with Crippen LogP contribution in [0.15, 0.2) is 30.3 Å². The number of hydrogen-bond donors (Lipinski definition) is 3. The van der Waals surface area contributed by atoms with E-state index >= 15 is 0 Å². The van der Waals surface area contributed by atoms with Gasteiger partial charge in [0.15, 0.2) is 6.61 Å². The maximum absolute atomic E-state index is 11.9. The first kappa shape index (κ1) is 22.4. The third kappa shape index (κ3) is 8.76. The van der Waals surface area contributed by atoms with Crippen LogP contribution < -0.4 is 16.0 Å². The predicted molar refractivity (Wildman–Crippen MR) is 107 cm³/mol. The van der Waals surface area contributed by atoms with Gasteiger partial charge in [-0.3, -0.25) is 19.7 Å². The summed E-state index contributed by atoms with van der Waals surface area (Å²) in [5.41, 5.74) is 0.880. The molecule has 4 amide bonds. The average Bonchev–Trinajstić information content (AvgIpc) is 2.69. The summed E-state index contributed by atoms with van der Waals surface area (Å²) in [6.07, 6.45) is 4.34. The van der Waals surface area contributed by atoms with Crippen LogP contribution in [0.3, 0.4) is 0 Å². The monoisotopic (exact) mass is 403 g/mol. The van der Waals surface area contributed by atoms with Gasteiger partial charge in [-0.15, -0.1) is 0 Å². The van der Waals surface area contributed by atoms with Crippen LogP contribution in [0.1, 0.15) is 44.6 Å². The van der Waals surface area contributed by atoms with E-state index in [0.717, 1.165) is 31.2 Å². The van der Waals surface area contributed by atoms with Crippen molar-refractivity contribution in [1.29, 1.82) is 0 Å². The Morgan fingerprint density at radius 3 is 2.48 bits per heavy atom. The first-order valence-electron chi connectivity index (χ1n) is 10.0. The first-order chi connectivity index (χ1) is 13.9. The fourth-order valence-corrected chi connectivity index (χ4v) is 3.26. The quantitative estimate of drug-likeness (QED) is 0.572. The van der Waals surface area contributed by atoms with Crippen LogP contribution in [0.5, 0.6) is 0 Å². The highest BCUT2D eigenvalue weighted by Gasteiger charge is 2.23. The van der Waals surface area contributed by atoms with E-state index in [-0.39, 0.29) is 31.3 Å². The minimum Gasteiger partial charge on any atom is -0.456 e. The number of amides is 4. The second-order valence-electron chi connectivity index (χ2n) is 7.31. The van der Waals surface area contributed by atoms with Crippen LogP contribution in [0.25, 0.3) is 0 Å². The molecule has 0 aromatic heterocycles. The Labute approximate surface area is 170 Å². The summed E-state index contributed by atoms with van der Waals surface area (Å²) < 4.78 is 4.83. The molecule has 8 heteroatoms. The summed E-state index contributed by atoms with van der Waals surface area (Å²) in [4.78, 5) is 47.1. The zero-order valence-electron chi connectivity index (χ0n) is 16.7. The summed E-state index contributed by atoms with van der Waals surface area (Å²) in [6.45, 7) is 1.66. The Bertz CT molecular complexity index is 708. The van der Waals surface area contributed by atoms with Crippen molar-refractivity contribution >= 4 is 23.8 Å². The lowest BCUT2D eigenvalue weighted by Gasteiger charge is -2.29. The molecule has 0 aliphatic heterocycles. The minimum absolute atomic E-state index is 0.0543. The molecule has 158 valence electrons. The average molecular weight is 403 g/mol. The number of esters is 1. The van der Waals surface area contributed by atoms with Gasteiger partial charge in [-0.05, 0) is 24.3 Å². The SMILES string of the molecule is CC1CCCCC1NC(=O)NC(=O)COC(=O)CCNC(=O)Cc1ccccc1. The van der Waals surface area contributed by atoms with Gasteiger partial charge in [-0.25, -0.2) is 4.79 Å². The summed E-state index contributed by atoms with van der Waals surface area (Å²) in [7, 11) is 0. The Morgan fingerprint density at radius 2 is 1.76 bits per heavy atom. The lowest BCUT2D eigenvalue weighted by molar-refractivity contribution is -0.148. The molecule has 1 fully saturated rings. The number of urea groups is 1. The fraction of sp³-hybridized carbons (Fsp3) is 0.524. The molecular formula is C21H29N3O5. The van der Waals surface area contributed by atoms with Crippen molar-refractivity contribution in [2.75, 3.05) is 13.2 Å². The third-order valence-electron chi connectivity index (χ3n) is 4.90. The molecule has 8 nitrogen and oxygen atoms in total. The Balaban J connectivity index is 1.56. The summed E-state index contributed by atoms with van der Waals surface area (Å²) in [5.74, 6) is -1.14. The number of rotatable bonds is 8. The van der Waals surface area contributed by atoms with Crippen LogP contribution in [0.4, 0.5) is 4.79 Å². The molecule has 1 saturated carbocycles. The van der Waals surface area contributed by atoms with Crippen LogP contribution in [0, 0.1) is 5.92 Å². The highest BCUT2D eigenvalue weighted by Crippen LogP contribution is 2.23.